The molecule has 27 heavy (non-hydrogen) atoms. The molecule has 1 atom stereocenters. The van der Waals surface area contributed by atoms with Crippen LogP contribution in [0.1, 0.15) is 19.8 Å². The lowest BCUT2D eigenvalue weighted by Gasteiger charge is -2.19. The molecule has 1 fully saturated rings. The summed E-state index contributed by atoms with van der Waals surface area (Å²) in [5.74, 6) is 0.937. The summed E-state index contributed by atoms with van der Waals surface area (Å²) in [7, 11) is 1.66. The molecule has 1 unspecified atom stereocenters. The second kappa shape index (κ2) is 13.9. The summed E-state index contributed by atoms with van der Waals surface area (Å²) in [6, 6.07) is 3.27. The van der Waals surface area contributed by atoms with Crippen molar-refractivity contribution in [2.24, 2.45) is 4.99 Å². The Morgan fingerprint density at radius 2 is 2.26 bits per heavy atom. The van der Waals surface area contributed by atoms with E-state index in [0.29, 0.717) is 38.7 Å². The number of rotatable bonds is 10. The number of hydrogen-bond acceptors (Lipinski definition) is 5. The molecule has 154 valence electrons. The van der Waals surface area contributed by atoms with Crippen LogP contribution in [0.25, 0.3) is 0 Å². The highest BCUT2D eigenvalue weighted by molar-refractivity contribution is 14.0. The van der Waals surface area contributed by atoms with Gasteiger partial charge < -0.3 is 25.0 Å². The zero-order valence-electron chi connectivity index (χ0n) is 16.1. The van der Waals surface area contributed by atoms with E-state index in [0.717, 1.165) is 31.9 Å². The highest BCUT2D eigenvalue weighted by atomic mass is 127. The van der Waals surface area contributed by atoms with Crippen molar-refractivity contribution >= 4 is 35.8 Å². The van der Waals surface area contributed by atoms with Crippen molar-refractivity contribution in [3.63, 3.8) is 0 Å². The highest BCUT2D eigenvalue weighted by Gasteiger charge is 2.25. The molecule has 0 saturated carbocycles. The Hall–Kier alpha value is -1.20. The monoisotopic (exact) mass is 495 g/mol. The van der Waals surface area contributed by atoms with Gasteiger partial charge in [-0.05, 0) is 31.9 Å². The van der Waals surface area contributed by atoms with Gasteiger partial charge >= 0.3 is 0 Å². The first kappa shape index (κ1) is 23.8. The number of ether oxygens (including phenoxy) is 2. The summed E-state index contributed by atoms with van der Waals surface area (Å²) in [6.07, 6.45) is 3.40. The van der Waals surface area contributed by atoms with Crippen molar-refractivity contribution in [3.8, 4) is 0 Å². The summed E-state index contributed by atoms with van der Waals surface area (Å²) >= 11 is 0. The number of methoxy groups -OCH3 is 1. The van der Waals surface area contributed by atoms with Crippen molar-refractivity contribution in [3.05, 3.63) is 24.1 Å². The molecule has 1 saturated heterocycles. The molecule has 7 nitrogen and oxygen atoms in total. The van der Waals surface area contributed by atoms with Gasteiger partial charge in [0.25, 0.3) is 0 Å². The third-order valence-electron chi connectivity index (χ3n) is 4.06. The van der Waals surface area contributed by atoms with E-state index < -0.39 is 0 Å². The first-order valence-electron chi connectivity index (χ1n) is 9.21. The van der Waals surface area contributed by atoms with Crippen LogP contribution in [0.5, 0.6) is 0 Å². The molecule has 0 radical (unpaired) electrons. The number of aliphatic imine (C=N–C) groups is 1. The number of guanidine groups is 1. The fourth-order valence-corrected chi connectivity index (χ4v) is 2.80. The largest absolute Gasteiger partial charge is 0.382 e. The SMILES string of the molecule is CCNC(=NCCCOCCOC)NC1CCN(c2ncccc2F)C1.I. The van der Waals surface area contributed by atoms with Gasteiger partial charge in [-0.1, -0.05) is 0 Å². The maximum Gasteiger partial charge on any atom is 0.191 e. The smallest absolute Gasteiger partial charge is 0.191 e. The maximum atomic E-state index is 13.9. The van der Waals surface area contributed by atoms with Crippen LogP contribution >= 0.6 is 24.0 Å². The standard InChI is InChI=1S/C18H30FN5O2.HI/c1-3-20-18(22-9-5-11-26-13-12-25-2)23-15-7-10-24(14-15)17-16(19)6-4-8-21-17;/h4,6,8,15H,3,5,7,9-14H2,1-2H3,(H2,20,22,23);1H. The van der Waals surface area contributed by atoms with Gasteiger partial charge in [-0.25, -0.2) is 9.37 Å². The van der Waals surface area contributed by atoms with Crippen LogP contribution in [0.4, 0.5) is 10.2 Å². The van der Waals surface area contributed by atoms with Crippen molar-refractivity contribution in [2.45, 2.75) is 25.8 Å². The van der Waals surface area contributed by atoms with Gasteiger partial charge in [-0.3, -0.25) is 4.99 Å². The fraction of sp³-hybridized carbons (Fsp3) is 0.667. The third-order valence-corrected chi connectivity index (χ3v) is 4.06. The molecule has 2 N–H and O–H groups in total. The third kappa shape index (κ3) is 8.56. The predicted molar refractivity (Wildman–Crippen MR) is 117 cm³/mol. The molecule has 0 aliphatic carbocycles. The zero-order valence-corrected chi connectivity index (χ0v) is 18.4. The van der Waals surface area contributed by atoms with Crippen LogP contribution in [0.2, 0.25) is 0 Å². The summed E-state index contributed by atoms with van der Waals surface area (Å²) < 4.78 is 24.3. The molecule has 2 rings (SSSR count). The van der Waals surface area contributed by atoms with Crippen LogP contribution in [0.3, 0.4) is 0 Å². The van der Waals surface area contributed by atoms with Crippen LogP contribution < -0.4 is 15.5 Å². The van der Waals surface area contributed by atoms with Crippen LogP contribution in [-0.2, 0) is 9.47 Å². The van der Waals surface area contributed by atoms with Gasteiger partial charge in [0.05, 0.1) is 13.2 Å². The van der Waals surface area contributed by atoms with E-state index in [4.69, 9.17) is 9.47 Å². The van der Waals surface area contributed by atoms with E-state index in [1.54, 1.807) is 19.4 Å². The van der Waals surface area contributed by atoms with E-state index in [-0.39, 0.29) is 35.8 Å². The van der Waals surface area contributed by atoms with Gasteiger partial charge in [-0.2, -0.15) is 0 Å². The lowest BCUT2D eigenvalue weighted by atomic mass is 10.3. The molecule has 0 amide bonds. The highest BCUT2D eigenvalue weighted by Crippen LogP contribution is 2.20. The molecule has 0 bridgehead atoms. The van der Waals surface area contributed by atoms with Crippen molar-refractivity contribution in [1.29, 1.82) is 0 Å². The van der Waals surface area contributed by atoms with Crippen molar-refractivity contribution < 1.29 is 13.9 Å². The average Bonchev–Trinajstić information content (AvgIpc) is 3.09. The second-order valence-corrected chi connectivity index (χ2v) is 6.10. The van der Waals surface area contributed by atoms with E-state index in [1.807, 2.05) is 11.8 Å². The zero-order chi connectivity index (χ0) is 18.6. The normalized spacial score (nSPS) is 16.9. The van der Waals surface area contributed by atoms with Gasteiger partial charge in [-0.15, -0.1) is 24.0 Å². The minimum atomic E-state index is -0.276. The molecular formula is C18H31FIN5O2. The van der Waals surface area contributed by atoms with Crippen LogP contribution in [0.15, 0.2) is 23.3 Å². The molecule has 1 aliphatic heterocycles. The van der Waals surface area contributed by atoms with Crippen molar-refractivity contribution in [1.82, 2.24) is 15.6 Å². The average molecular weight is 495 g/mol. The fourth-order valence-electron chi connectivity index (χ4n) is 2.80. The molecule has 0 aromatic carbocycles. The van der Waals surface area contributed by atoms with Gasteiger partial charge in [0, 0.05) is 52.1 Å². The second-order valence-electron chi connectivity index (χ2n) is 6.10. The van der Waals surface area contributed by atoms with Gasteiger partial charge in [0.15, 0.2) is 17.6 Å². The quantitative estimate of drug-likeness (QED) is 0.224. The molecular weight excluding hydrogens is 464 g/mol. The number of nitrogens with zero attached hydrogens (tertiary/aromatic N) is 3. The summed E-state index contributed by atoms with van der Waals surface area (Å²) in [5.41, 5.74) is 0. The number of pyridine rings is 1. The Labute approximate surface area is 178 Å². The Morgan fingerprint density at radius 1 is 1.41 bits per heavy atom. The molecule has 1 aromatic rings. The Bertz CT molecular complexity index is 564. The first-order chi connectivity index (χ1) is 12.7. The minimum absolute atomic E-state index is 0. The number of halogens is 2. The van der Waals surface area contributed by atoms with Crippen LogP contribution in [-0.4, -0.2) is 70.1 Å². The lowest BCUT2D eigenvalue weighted by molar-refractivity contribution is 0.0702. The molecule has 2 heterocycles. The number of nitrogens with one attached hydrogen (secondary N) is 2. The summed E-state index contributed by atoms with van der Waals surface area (Å²) in [6.45, 7) is 6.90. The topological polar surface area (TPSA) is 71.0 Å². The Morgan fingerprint density at radius 3 is 3.00 bits per heavy atom. The van der Waals surface area contributed by atoms with Gasteiger partial charge in [0.1, 0.15) is 0 Å². The van der Waals surface area contributed by atoms with E-state index in [1.165, 1.54) is 6.07 Å². The predicted octanol–water partition coefficient (Wildman–Crippen LogP) is 2.03. The van der Waals surface area contributed by atoms with E-state index in [2.05, 4.69) is 20.6 Å². The maximum absolute atomic E-state index is 13.9. The lowest BCUT2D eigenvalue weighted by Crippen LogP contribution is -2.44. The summed E-state index contributed by atoms with van der Waals surface area (Å²) in [5, 5.41) is 6.69. The molecule has 0 spiro atoms. The van der Waals surface area contributed by atoms with Crippen molar-refractivity contribution in [2.75, 3.05) is 58.0 Å². The molecule has 1 aromatic heterocycles. The van der Waals surface area contributed by atoms with Crippen LogP contribution in [0, 0.1) is 5.82 Å². The van der Waals surface area contributed by atoms with Gasteiger partial charge in [0.2, 0.25) is 0 Å². The Balaban J connectivity index is 0.00000364. The number of hydrogen-bond donors (Lipinski definition) is 2. The first-order valence-corrected chi connectivity index (χ1v) is 9.21. The Kier molecular flexibility index (Phi) is 12.3. The minimum Gasteiger partial charge on any atom is -0.382 e. The number of aromatic nitrogens is 1. The number of anilines is 1. The molecule has 1 aliphatic rings. The summed E-state index contributed by atoms with van der Waals surface area (Å²) in [4.78, 5) is 10.7. The molecule has 9 heteroatoms. The van der Waals surface area contributed by atoms with E-state index in [9.17, 15) is 4.39 Å². The van der Waals surface area contributed by atoms with E-state index >= 15 is 0 Å².